The lowest BCUT2D eigenvalue weighted by Gasteiger charge is -2.10. The molecule has 0 saturated carbocycles. The summed E-state index contributed by atoms with van der Waals surface area (Å²) in [5.41, 5.74) is 3.76. The van der Waals surface area contributed by atoms with Crippen molar-refractivity contribution in [3.8, 4) is 17.7 Å². The fourth-order valence-electron chi connectivity index (χ4n) is 2.71. The van der Waals surface area contributed by atoms with Crippen molar-refractivity contribution in [1.82, 2.24) is 4.98 Å². The lowest BCUT2D eigenvalue weighted by Crippen LogP contribution is -1.94. The Labute approximate surface area is 137 Å². The highest BCUT2D eigenvalue weighted by molar-refractivity contribution is 5.77. The van der Waals surface area contributed by atoms with Crippen molar-refractivity contribution >= 4 is 12.2 Å². The van der Waals surface area contributed by atoms with Crippen molar-refractivity contribution in [2.24, 2.45) is 5.92 Å². The van der Waals surface area contributed by atoms with Gasteiger partial charge in [-0.25, -0.2) is 4.98 Å². The van der Waals surface area contributed by atoms with Crippen LogP contribution in [0.15, 0.2) is 30.5 Å². The molecule has 0 bridgehead atoms. The van der Waals surface area contributed by atoms with Crippen LogP contribution in [0.2, 0.25) is 0 Å². The minimum Gasteiger partial charge on any atom is -0.438 e. The molecule has 3 nitrogen and oxygen atoms in total. The van der Waals surface area contributed by atoms with Crippen LogP contribution in [0.25, 0.3) is 12.2 Å². The Balaban J connectivity index is 1.83. The minimum atomic E-state index is 0.539. The van der Waals surface area contributed by atoms with E-state index in [2.05, 4.69) is 37.0 Å². The molecule has 116 valence electrons. The third-order valence-electron chi connectivity index (χ3n) is 3.98. The van der Waals surface area contributed by atoms with Crippen LogP contribution >= 0.6 is 0 Å². The molecule has 0 aliphatic carbocycles. The van der Waals surface area contributed by atoms with Crippen molar-refractivity contribution in [3.63, 3.8) is 0 Å². The van der Waals surface area contributed by atoms with Gasteiger partial charge in [-0.05, 0) is 48.6 Å². The van der Waals surface area contributed by atoms with Gasteiger partial charge in [-0.15, -0.1) is 0 Å². The van der Waals surface area contributed by atoms with Crippen molar-refractivity contribution in [2.75, 3.05) is 0 Å². The zero-order valence-electron chi connectivity index (χ0n) is 13.5. The van der Waals surface area contributed by atoms with Crippen molar-refractivity contribution in [1.29, 1.82) is 5.26 Å². The summed E-state index contributed by atoms with van der Waals surface area (Å²) >= 11 is 0. The molecule has 0 unspecified atom stereocenters. The first-order valence-corrected chi connectivity index (χ1v) is 8.04. The molecular formula is C20H20N2O. The summed E-state index contributed by atoms with van der Waals surface area (Å²) in [5, 5.41) is 8.99. The number of aromatic nitrogens is 1. The first kappa shape index (κ1) is 15.3. The van der Waals surface area contributed by atoms with E-state index in [1.165, 1.54) is 24.6 Å². The standard InChI is InChI=1S/C20H20N2O/c1-14(2)4-3-5-15-6-9-19-17(10-15)7-8-18-11-16(12-21)13-22-20(18)23-19/h6-11,13-14H,3-5H2,1-2H3. The molecule has 0 spiro atoms. The summed E-state index contributed by atoms with van der Waals surface area (Å²) in [7, 11) is 0. The molecule has 0 fully saturated rings. The van der Waals surface area contributed by atoms with Crippen LogP contribution in [0, 0.1) is 17.2 Å². The molecule has 0 atom stereocenters. The summed E-state index contributed by atoms with van der Waals surface area (Å²) in [6, 6.07) is 10.2. The number of fused-ring (bicyclic) bond motifs is 2. The Hall–Kier alpha value is -2.60. The number of rotatable bonds is 4. The van der Waals surface area contributed by atoms with Gasteiger partial charge >= 0.3 is 0 Å². The van der Waals surface area contributed by atoms with E-state index in [0.717, 1.165) is 29.2 Å². The first-order valence-electron chi connectivity index (χ1n) is 8.04. The Morgan fingerprint density at radius 2 is 2.00 bits per heavy atom. The van der Waals surface area contributed by atoms with Crippen molar-refractivity contribution in [3.05, 3.63) is 52.7 Å². The summed E-state index contributed by atoms with van der Waals surface area (Å²) in [6.45, 7) is 4.51. The van der Waals surface area contributed by atoms with Crippen molar-refractivity contribution < 1.29 is 4.74 Å². The summed E-state index contributed by atoms with van der Waals surface area (Å²) < 4.78 is 5.92. The zero-order valence-corrected chi connectivity index (χ0v) is 13.5. The maximum atomic E-state index is 8.99. The number of nitriles is 1. The topological polar surface area (TPSA) is 45.9 Å². The van der Waals surface area contributed by atoms with E-state index in [0.29, 0.717) is 11.4 Å². The second-order valence-corrected chi connectivity index (χ2v) is 6.32. The molecule has 1 aromatic heterocycles. The number of hydrogen-bond acceptors (Lipinski definition) is 3. The van der Waals surface area contributed by atoms with E-state index in [4.69, 9.17) is 10.00 Å². The fraction of sp³-hybridized carbons (Fsp3) is 0.300. The number of nitrogens with zero attached hydrogens (tertiary/aromatic N) is 2. The predicted molar refractivity (Wildman–Crippen MR) is 92.2 cm³/mol. The molecule has 0 saturated heterocycles. The molecular weight excluding hydrogens is 284 g/mol. The monoisotopic (exact) mass is 304 g/mol. The molecule has 0 amide bonds. The minimum absolute atomic E-state index is 0.539. The molecule has 0 N–H and O–H groups in total. The van der Waals surface area contributed by atoms with Crippen LogP contribution in [-0.2, 0) is 6.42 Å². The van der Waals surface area contributed by atoms with Crippen LogP contribution in [0.1, 0.15) is 48.9 Å². The van der Waals surface area contributed by atoms with E-state index in [1.807, 2.05) is 18.2 Å². The van der Waals surface area contributed by atoms with Gasteiger partial charge in [-0.1, -0.05) is 32.4 Å². The quantitative estimate of drug-likeness (QED) is 0.665. The molecule has 2 aromatic rings. The normalized spacial score (nSPS) is 12.1. The van der Waals surface area contributed by atoms with E-state index in [1.54, 1.807) is 6.07 Å². The molecule has 0 radical (unpaired) electrons. The van der Waals surface area contributed by atoms with Gasteiger partial charge in [0.25, 0.3) is 0 Å². The van der Waals surface area contributed by atoms with Crippen LogP contribution in [0.4, 0.5) is 0 Å². The number of hydrogen-bond donors (Lipinski definition) is 0. The number of pyridine rings is 1. The molecule has 2 heterocycles. The third-order valence-corrected chi connectivity index (χ3v) is 3.98. The largest absolute Gasteiger partial charge is 0.438 e. The lowest BCUT2D eigenvalue weighted by atomic mass is 10.0. The van der Waals surface area contributed by atoms with Crippen molar-refractivity contribution in [2.45, 2.75) is 33.1 Å². The highest BCUT2D eigenvalue weighted by Crippen LogP contribution is 2.33. The lowest BCUT2D eigenvalue weighted by molar-refractivity contribution is 0.461. The SMILES string of the molecule is CC(C)CCCc1ccc2c(c1)C=Cc1cc(C#N)cnc1O2. The van der Waals surface area contributed by atoms with Gasteiger partial charge in [0.1, 0.15) is 11.8 Å². The average Bonchev–Trinajstić information content (AvgIpc) is 2.72. The van der Waals surface area contributed by atoms with Crippen LogP contribution in [0.5, 0.6) is 11.6 Å². The molecule has 3 heteroatoms. The second-order valence-electron chi connectivity index (χ2n) is 6.32. The Morgan fingerprint density at radius 3 is 2.78 bits per heavy atom. The van der Waals surface area contributed by atoms with Gasteiger partial charge < -0.3 is 4.74 Å². The Bertz CT molecular complexity index is 785. The summed E-state index contributed by atoms with van der Waals surface area (Å²) in [4.78, 5) is 4.24. The molecule has 23 heavy (non-hydrogen) atoms. The van der Waals surface area contributed by atoms with Gasteiger partial charge in [0, 0.05) is 17.3 Å². The molecule has 1 aliphatic rings. The number of ether oxygens (including phenoxy) is 1. The molecule has 3 rings (SSSR count). The van der Waals surface area contributed by atoms with Gasteiger partial charge in [0.15, 0.2) is 0 Å². The van der Waals surface area contributed by atoms with E-state index in [-0.39, 0.29) is 0 Å². The van der Waals surface area contributed by atoms with Gasteiger partial charge in [-0.2, -0.15) is 5.26 Å². The van der Waals surface area contributed by atoms with Crippen LogP contribution < -0.4 is 4.74 Å². The van der Waals surface area contributed by atoms with E-state index < -0.39 is 0 Å². The number of aryl methyl sites for hydroxylation is 1. The highest BCUT2D eigenvalue weighted by atomic mass is 16.5. The first-order chi connectivity index (χ1) is 11.2. The maximum absolute atomic E-state index is 8.99. The third kappa shape index (κ3) is 3.60. The Kier molecular flexibility index (Phi) is 4.43. The van der Waals surface area contributed by atoms with Gasteiger partial charge in [0.2, 0.25) is 5.88 Å². The zero-order chi connectivity index (χ0) is 16.2. The van der Waals surface area contributed by atoms with Gasteiger partial charge in [-0.3, -0.25) is 0 Å². The fourth-order valence-corrected chi connectivity index (χ4v) is 2.71. The smallest absolute Gasteiger partial charge is 0.226 e. The Morgan fingerprint density at radius 1 is 1.17 bits per heavy atom. The van der Waals surface area contributed by atoms with E-state index >= 15 is 0 Å². The maximum Gasteiger partial charge on any atom is 0.226 e. The second kappa shape index (κ2) is 6.66. The average molecular weight is 304 g/mol. The molecule has 1 aromatic carbocycles. The van der Waals surface area contributed by atoms with Crippen LogP contribution in [-0.4, -0.2) is 4.98 Å². The van der Waals surface area contributed by atoms with E-state index in [9.17, 15) is 0 Å². The predicted octanol–water partition coefficient (Wildman–Crippen LogP) is 5.21. The summed E-state index contributed by atoms with van der Waals surface area (Å²) in [6.07, 6.45) is 9.08. The molecule has 1 aliphatic heterocycles. The van der Waals surface area contributed by atoms with Crippen LogP contribution in [0.3, 0.4) is 0 Å². The summed E-state index contributed by atoms with van der Waals surface area (Å²) in [5.74, 6) is 2.10. The number of benzene rings is 1. The van der Waals surface area contributed by atoms with Gasteiger partial charge in [0.05, 0.1) is 5.56 Å². The highest BCUT2D eigenvalue weighted by Gasteiger charge is 2.13.